The third-order valence-electron chi connectivity index (χ3n) is 3.23. The molecule has 108 valence electrons. The third kappa shape index (κ3) is 3.92. The molecule has 0 aliphatic carbocycles. The SMILES string of the molecule is CNCc1cc(CN(C)Cc2ccc(F)cc2)c(C)o1. The predicted octanol–water partition coefficient (Wildman–Crippen LogP) is 3.08. The quantitative estimate of drug-likeness (QED) is 0.879. The molecule has 0 aliphatic rings. The molecule has 3 nitrogen and oxygen atoms in total. The van der Waals surface area contributed by atoms with Gasteiger partial charge in [-0.15, -0.1) is 0 Å². The highest BCUT2D eigenvalue weighted by Crippen LogP contribution is 2.17. The lowest BCUT2D eigenvalue weighted by Gasteiger charge is -2.16. The fraction of sp³-hybridized carbons (Fsp3) is 0.375. The van der Waals surface area contributed by atoms with E-state index < -0.39 is 0 Å². The van der Waals surface area contributed by atoms with E-state index in [9.17, 15) is 4.39 Å². The van der Waals surface area contributed by atoms with E-state index in [1.165, 1.54) is 17.7 Å². The van der Waals surface area contributed by atoms with Crippen molar-refractivity contribution in [3.8, 4) is 0 Å². The molecular formula is C16H21FN2O. The lowest BCUT2D eigenvalue weighted by molar-refractivity contribution is 0.316. The van der Waals surface area contributed by atoms with Gasteiger partial charge in [0.05, 0.1) is 6.54 Å². The standard InChI is InChI=1S/C16H21FN2O/c1-12-14(8-16(20-12)9-18-2)11-19(3)10-13-4-6-15(17)7-5-13/h4-8,18H,9-11H2,1-3H3. The van der Waals surface area contributed by atoms with Crippen molar-refractivity contribution >= 4 is 0 Å². The van der Waals surface area contributed by atoms with E-state index in [1.54, 1.807) is 0 Å². The van der Waals surface area contributed by atoms with Gasteiger partial charge in [0.1, 0.15) is 17.3 Å². The van der Waals surface area contributed by atoms with Gasteiger partial charge in [-0.2, -0.15) is 0 Å². The zero-order chi connectivity index (χ0) is 14.5. The van der Waals surface area contributed by atoms with E-state index in [0.29, 0.717) is 0 Å². The summed E-state index contributed by atoms with van der Waals surface area (Å²) in [5, 5.41) is 3.08. The van der Waals surface area contributed by atoms with Gasteiger partial charge in [0.25, 0.3) is 0 Å². The molecule has 0 unspecified atom stereocenters. The van der Waals surface area contributed by atoms with Gasteiger partial charge in [-0.25, -0.2) is 4.39 Å². The smallest absolute Gasteiger partial charge is 0.123 e. The Morgan fingerprint density at radius 2 is 1.90 bits per heavy atom. The molecule has 0 atom stereocenters. The van der Waals surface area contributed by atoms with Gasteiger partial charge in [0.15, 0.2) is 0 Å². The Balaban J connectivity index is 1.97. The van der Waals surface area contributed by atoms with Gasteiger partial charge in [-0.05, 0) is 44.8 Å². The number of aryl methyl sites for hydroxylation is 1. The summed E-state index contributed by atoms with van der Waals surface area (Å²) in [6, 6.07) is 8.72. The normalized spacial score (nSPS) is 11.2. The van der Waals surface area contributed by atoms with Gasteiger partial charge < -0.3 is 9.73 Å². The van der Waals surface area contributed by atoms with Crippen LogP contribution in [-0.4, -0.2) is 19.0 Å². The lowest BCUT2D eigenvalue weighted by Crippen LogP contribution is -2.17. The second kappa shape index (κ2) is 6.68. The summed E-state index contributed by atoms with van der Waals surface area (Å²) in [5.41, 5.74) is 2.30. The van der Waals surface area contributed by atoms with Crippen LogP contribution in [0.15, 0.2) is 34.7 Å². The number of furan rings is 1. The summed E-state index contributed by atoms with van der Waals surface area (Å²) in [7, 11) is 3.95. The molecule has 20 heavy (non-hydrogen) atoms. The monoisotopic (exact) mass is 276 g/mol. The van der Waals surface area contributed by atoms with Crippen molar-refractivity contribution in [1.82, 2.24) is 10.2 Å². The molecule has 0 saturated carbocycles. The molecule has 4 heteroatoms. The molecule has 1 heterocycles. The van der Waals surface area contributed by atoms with Crippen molar-refractivity contribution in [2.45, 2.75) is 26.6 Å². The van der Waals surface area contributed by atoms with Crippen molar-refractivity contribution in [2.75, 3.05) is 14.1 Å². The number of hydrogen-bond donors (Lipinski definition) is 1. The minimum absolute atomic E-state index is 0.196. The fourth-order valence-electron chi connectivity index (χ4n) is 2.25. The number of nitrogens with one attached hydrogen (secondary N) is 1. The average Bonchev–Trinajstić information content (AvgIpc) is 2.73. The van der Waals surface area contributed by atoms with Crippen LogP contribution in [0.5, 0.6) is 0 Å². The maximum atomic E-state index is 12.9. The molecule has 0 aliphatic heterocycles. The van der Waals surface area contributed by atoms with Gasteiger partial charge in [0.2, 0.25) is 0 Å². The van der Waals surface area contributed by atoms with Crippen LogP contribution in [0.1, 0.15) is 22.6 Å². The number of hydrogen-bond acceptors (Lipinski definition) is 3. The van der Waals surface area contributed by atoms with E-state index in [1.807, 2.05) is 33.2 Å². The first-order valence-corrected chi connectivity index (χ1v) is 6.74. The van der Waals surface area contributed by atoms with Crippen LogP contribution in [0.2, 0.25) is 0 Å². The molecule has 1 aromatic carbocycles. The molecule has 0 radical (unpaired) electrons. The minimum atomic E-state index is -0.196. The predicted molar refractivity (Wildman–Crippen MR) is 77.8 cm³/mol. The second-order valence-electron chi connectivity index (χ2n) is 5.12. The Bertz CT molecular complexity index is 548. The van der Waals surface area contributed by atoms with Crippen LogP contribution < -0.4 is 5.32 Å². The van der Waals surface area contributed by atoms with Crippen molar-refractivity contribution in [3.63, 3.8) is 0 Å². The summed E-state index contributed by atoms with van der Waals surface area (Å²) < 4.78 is 18.6. The van der Waals surface area contributed by atoms with Crippen molar-refractivity contribution in [1.29, 1.82) is 0 Å². The summed E-state index contributed by atoms with van der Waals surface area (Å²) in [5.74, 6) is 1.72. The second-order valence-corrected chi connectivity index (χ2v) is 5.12. The number of benzene rings is 1. The number of halogens is 1. The summed E-state index contributed by atoms with van der Waals surface area (Å²) in [6.07, 6.45) is 0. The Labute approximate surface area is 119 Å². The van der Waals surface area contributed by atoms with Gasteiger partial charge in [0, 0.05) is 18.7 Å². The first-order valence-electron chi connectivity index (χ1n) is 6.74. The van der Waals surface area contributed by atoms with Crippen LogP contribution in [-0.2, 0) is 19.6 Å². The highest BCUT2D eigenvalue weighted by Gasteiger charge is 2.09. The molecule has 0 saturated heterocycles. The topological polar surface area (TPSA) is 28.4 Å². The Hall–Kier alpha value is -1.65. The number of nitrogens with zero attached hydrogens (tertiary/aromatic N) is 1. The number of rotatable bonds is 6. The molecule has 2 aromatic rings. The first-order chi connectivity index (χ1) is 9.58. The highest BCUT2D eigenvalue weighted by atomic mass is 19.1. The van der Waals surface area contributed by atoms with E-state index >= 15 is 0 Å². The zero-order valence-electron chi connectivity index (χ0n) is 12.2. The Morgan fingerprint density at radius 3 is 2.55 bits per heavy atom. The van der Waals surface area contributed by atoms with Crippen molar-refractivity contribution in [3.05, 3.63) is 58.8 Å². The lowest BCUT2D eigenvalue weighted by atomic mass is 10.2. The summed E-state index contributed by atoms with van der Waals surface area (Å²) >= 11 is 0. The molecule has 0 fully saturated rings. The largest absolute Gasteiger partial charge is 0.465 e. The molecule has 0 bridgehead atoms. The average molecular weight is 276 g/mol. The molecular weight excluding hydrogens is 255 g/mol. The van der Waals surface area contributed by atoms with E-state index in [2.05, 4.69) is 16.3 Å². The van der Waals surface area contributed by atoms with Crippen LogP contribution in [0.25, 0.3) is 0 Å². The van der Waals surface area contributed by atoms with E-state index in [0.717, 1.165) is 36.7 Å². The van der Waals surface area contributed by atoms with Crippen molar-refractivity contribution < 1.29 is 8.81 Å². The van der Waals surface area contributed by atoms with Gasteiger partial charge >= 0.3 is 0 Å². The van der Waals surface area contributed by atoms with E-state index in [-0.39, 0.29) is 5.82 Å². The third-order valence-corrected chi connectivity index (χ3v) is 3.23. The van der Waals surface area contributed by atoms with Crippen LogP contribution >= 0.6 is 0 Å². The van der Waals surface area contributed by atoms with Gasteiger partial charge in [-0.3, -0.25) is 4.90 Å². The maximum Gasteiger partial charge on any atom is 0.123 e. The van der Waals surface area contributed by atoms with Crippen LogP contribution in [0.4, 0.5) is 4.39 Å². The van der Waals surface area contributed by atoms with Crippen LogP contribution in [0.3, 0.4) is 0 Å². The Morgan fingerprint density at radius 1 is 1.20 bits per heavy atom. The molecule has 0 spiro atoms. The highest BCUT2D eigenvalue weighted by molar-refractivity contribution is 5.21. The zero-order valence-corrected chi connectivity index (χ0v) is 12.2. The molecule has 1 N–H and O–H groups in total. The summed E-state index contributed by atoms with van der Waals surface area (Å²) in [4.78, 5) is 2.19. The molecule has 2 rings (SSSR count). The Kier molecular flexibility index (Phi) is 4.93. The fourth-order valence-corrected chi connectivity index (χ4v) is 2.25. The first kappa shape index (κ1) is 14.8. The van der Waals surface area contributed by atoms with E-state index in [4.69, 9.17) is 4.42 Å². The summed E-state index contributed by atoms with van der Waals surface area (Å²) in [6.45, 7) is 4.32. The molecule has 1 aromatic heterocycles. The molecule has 0 amide bonds. The van der Waals surface area contributed by atoms with Crippen LogP contribution in [0, 0.1) is 12.7 Å². The van der Waals surface area contributed by atoms with Gasteiger partial charge in [-0.1, -0.05) is 12.1 Å². The maximum absolute atomic E-state index is 12.9. The van der Waals surface area contributed by atoms with Crippen molar-refractivity contribution in [2.24, 2.45) is 0 Å². The minimum Gasteiger partial charge on any atom is -0.465 e.